The molecule has 0 bridgehead atoms. The van der Waals surface area contributed by atoms with E-state index in [0.717, 1.165) is 19.5 Å². The third-order valence-electron chi connectivity index (χ3n) is 1.82. The van der Waals surface area contributed by atoms with Gasteiger partial charge in [-0.2, -0.15) is 8.42 Å². The first-order valence-electron chi connectivity index (χ1n) is 5.63. The maximum atomic E-state index is 11.0. The van der Waals surface area contributed by atoms with Gasteiger partial charge < -0.3 is 10.2 Å². The molecule has 0 atom stereocenters. The molecule has 108 valence electrons. The minimum absolute atomic E-state index is 0.0474. The van der Waals surface area contributed by atoms with Crippen LogP contribution in [0.3, 0.4) is 0 Å². The van der Waals surface area contributed by atoms with E-state index in [2.05, 4.69) is 16.8 Å². The van der Waals surface area contributed by atoms with Crippen LogP contribution >= 0.6 is 0 Å². The van der Waals surface area contributed by atoms with Crippen LogP contribution in [0.2, 0.25) is 0 Å². The summed E-state index contributed by atoms with van der Waals surface area (Å²) in [7, 11) is 0.367. The number of hydrogen-bond acceptors (Lipinski definition) is 4. The predicted molar refractivity (Wildman–Crippen MR) is 73.1 cm³/mol. The van der Waals surface area contributed by atoms with Gasteiger partial charge in [0, 0.05) is 12.1 Å². The Morgan fingerprint density at radius 2 is 1.83 bits per heavy atom. The molecule has 18 heavy (non-hydrogen) atoms. The molecule has 0 aliphatic carbocycles. The van der Waals surface area contributed by atoms with Gasteiger partial charge in [-0.3, -0.25) is 9.35 Å². The Morgan fingerprint density at radius 3 is 2.11 bits per heavy atom. The lowest BCUT2D eigenvalue weighted by atomic mass is 10.3. The van der Waals surface area contributed by atoms with Crippen molar-refractivity contribution in [3.05, 3.63) is 12.2 Å². The monoisotopic (exact) mass is 280 g/mol. The Balaban J connectivity index is 0. The van der Waals surface area contributed by atoms with Crippen LogP contribution in [0.25, 0.3) is 0 Å². The fraction of sp³-hybridized carbons (Fsp3) is 0.727. The van der Waals surface area contributed by atoms with Crippen molar-refractivity contribution in [1.29, 1.82) is 0 Å². The summed E-state index contributed by atoms with van der Waals surface area (Å²) in [5.74, 6) is -0.249. The highest BCUT2D eigenvalue weighted by Gasteiger charge is 1.99. The van der Waals surface area contributed by atoms with Crippen molar-refractivity contribution in [3.8, 4) is 0 Å². The summed E-state index contributed by atoms with van der Waals surface area (Å²) in [5.41, 5.74) is 0.569. The lowest BCUT2D eigenvalue weighted by Crippen LogP contribution is -2.27. The summed E-state index contributed by atoms with van der Waals surface area (Å²) in [6.07, 6.45) is 0.978. The molecular weight excluding hydrogens is 256 g/mol. The SMILES string of the molecule is C=C(C)C(=O)NCCCN(C)C.CCS(=O)(=O)O. The Morgan fingerprint density at radius 1 is 1.39 bits per heavy atom. The molecule has 2 N–H and O–H groups in total. The highest BCUT2D eigenvalue weighted by molar-refractivity contribution is 7.85. The number of hydrogen-bond donors (Lipinski definition) is 2. The van der Waals surface area contributed by atoms with Crippen LogP contribution in [0.1, 0.15) is 20.3 Å². The highest BCUT2D eigenvalue weighted by Crippen LogP contribution is 1.86. The summed E-state index contributed by atoms with van der Waals surface area (Å²) in [6, 6.07) is 0. The summed E-state index contributed by atoms with van der Waals surface area (Å²) in [4.78, 5) is 13.1. The van der Waals surface area contributed by atoms with Crippen LogP contribution in [0.4, 0.5) is 0 Å². The van der Waals surface area contributed by atoms with Crippen LogP contribution in [0.15, 0.2) is 12.2 Å². The molecule has 0 rings (SSSR count). The minimum atomic E-state index is -3.66. The zero-order chi connectivity index (χ0) is 14.8. The zero-order valence-electron chi connectivity index (χ0n) is 11.6. The Labute approximate surface area is 110 Å². The van der Waals surface area contributed by atoms with Crippen molar-refractivity contribution in [3.63, 3.8) is 0 Å². The largest absolute Gasteiger partial charge is 0.352 e. The summed E-state index contributed by atoms with van der Waals surface area (Å²) < 4.78 is 26.9. The number of nitrogens with one attached hydrogen (secondary N) is 1. The molecule has 0 saturated heterocycles. The molecule has 0 aromatic carbocycles. The Hall–Kier alpha value is -0.920. The van der Waals surface area contributed by atoms with Crippen LogP contribution in [0.5, 0.6) is 0 Å². The third kappa shape index (κ3) is 17.5. The molecule has 0 unspecified atom stereocenters. The fourth-order valence-corrected chi connectivity index (χ4v) is 0.748. The van der Waals surface area contributed by atoms with E-state index in [0.29, 0.717) is 5.57 Å². The molecular formula is C11H24N2O4S. The van der Waals surface area contributed by atoms with Gasteiger partial charge in [-0.05, 0) is 40.9 Å². The van der Waals surface area contributed by atoms with Gasteiger partial charge >= 0.3 is 0 Å². The molecule has 0 aromatic heterocycles. The Bertz CT molecular complexity index is 350. The second-order valence-corrected chi connectivity index (χ2v) is 5.80. The van der Waals surface area contributed by atoms with Crippen molar-refractivity contribution in [2.24, 2.45) is 0 Å². The average molecular weight is 280 g/mol. The van der Waals surface area contributed by atoms with Crippen molar-refractivity contribution < 1.29 is 17.8 Å². The van der Waals surface area contributed by atoms with Gasteiger partial charge in [0.2, 0.25) is 5.91 Å². The first-order chi connectivity index (χ1) is 8.10. The molecule has 6 nitrogen and oxygen atoms in total. The van der Waals surface area contributed by atoms with E-state index in [4.69, 9.17) is 4.55 Å². The van der Waals surface area contributed by atoms with Crippen LogP contribution < -0.4 is 5.32 Å². The molecule has 0 aliphatic rings. The van der Waals surface area contributed by atoms with Crippen LogP contribution in [-0.2, 0) is 14.9 Å². The molecule has 0 aromatic rings. The van der Waals surface area contributed by atoms with Gasteiger partial charge in [-0.15, -0.1) is 0 Å². The maximum absolute atomic E-state index is 11.0. The van der Waals surface area contributed by atoms with Crippen LogP contribution in [-0.4, -0.2) is 56.7 Å². The van der Waals surface area contributed by atoms with Gasteiger partial charge in [0.1, 0.15) is 0 Å². The molecule has 0 radical (unpaired) electrons. The summed E-state index contributed by atoms with van der Waals surface area (Å²) in [5, 5.41) is 2.77. The fourth-order valence-electron chi connectivity index (χ4n) is 0.748. The van der Waals surface area contributed by atoms with E-state index in [1.54, 1.807) is 6.92 Å². The van der Waals surface area contributed by atoms with Crippen molar-refractivity contribution in [2.75, 3.05) is 32.9 Å². The lowest BCUT2D eigenvalue weighted by molar-refractivity contribution is -0.117. The molecule has 0 fully saturated rings. The predicted octanol–water partition coefficient (Wildman–Crippen LogP) is 0.525. The van der Waals surface area contributed by atoms with Crippen molar-refractivity contribution in [1.82, 2.24) is 10.2 Å². The number of amides is 1. The number of carbonyl (C=O) groups excluding carboxylic acids is 1. The molecule has 1 amide bonds. The highest BCUT2D eigenvalue weighted by atomic mass is 32.2. The van der Waals surface area contributed by atoms with E-state index >= 15 is 0 Å². The van der Waals surface area contributed by atoms with Gasteiger partial charge in [0.05, 0.1) is 5.75 Å². The molecule has 0 spiro atoms. The molecule has 0 aliphatic heterocycles. The van der Waals surface area contributed by atoms with Gasteiger partial charge in [-0.1, -0.05) is 6.58 Å². The minimum Gasteiger partial charge on any atom is -0.352 e. The van der Waals surface area contributed by atoms with Gasteiger partial charge in [0.15, 0.2) is 0 Å². The molecule has 0 heterocycles. The first kappa shape index (κ1) is 19.4. The third-order valence-corrected chi connectivity index (χ3v) is 2.55. The first-order valence-corrected chi connectivity index (χ1v) is 7.24. The van der Waals surface area contributed by atoms with Crippen molar-refractivity contribution >= 4 is 16.0 Å². The van der Waals surface area contributed by atoms with Gasteiger partial charge in [-0.25, -0.2) is 0 Å². The molecule has 0 saturated carbocycles. The topological polar surface area (TPSA) is 86.7 Å². The number of rotatable bonds is 6. The van der Waals surface area contributed by atoms with Gasteiger partial charge in [0.25, 0.3) is 10.1 Å². The average Bonchev–Trinajstić information content (AvgIpc) is 2.23. The molecule has 7 heteroatoms. The van der Waals surface area contributed by atoms with E-state index in [1.807, 2.05) is 14.1 Å². The number of carbonyl (C=O) groups is 1. The summed E-state index contributed by atoms with van der Waals surface area (Å²) >= 11 is 0. The quantitative estimate of drug-likeness (QED) is 0.421. The Kier molecular flexibility index (Phi) is 10.8. The smallest absolute Gasteiger partial charge is 0.264 e. The van der Waals surface area contributed by atoms with Crippen molar-refractivity contribution in [2.45, 2.75) is 20.3 Å². The normalized spacial score (nSPS) is 10.6. The maximum Gasteiger partial charge on any atom is 0.264 e. The second kappa shape index (κ2) is 10.0. The van der Waals surface area contributed by atoms with E-state index in [-0.39, 0.29) is 11.7 Å². The zero-order valence-corrected chi connectivity index (χ0v) is 12.4. The van der Waals surface area contributed by atoms with E-state index in [9.17, 15) is 13.2 Å². The van der Waals surface area contributed by atoms with E-state index in [1.165, 1.54) is 6.92 Å². The van der Waals surface area contributed by atoms with Crippen LogP contribution in [0, 0.1) is 0 Å². The summed E-state index contributed by atoms with van der Waals surface area (Å²) in [6.45, 7) is 8.35. The number of nitrogens with zero attached hydrogens (tertiary/aromatic N) is 1. The second-order valence-electron chi connectivity index (χ2n) is 4.06. The lowest BCUT2D eigenvalue weighted by Gasteiger charge is -2.09. The van der Waals surface area contributed by atoms with E-state index < -0.39 is 10.1 Å². The standard InChI is InChI=1S/C9H18N2O.C2H6O3S/c1-8(2)9(12)10-6-5-7-11(3)4;1-2-6(3,4)5/h1,5-7H2,2-4H3,(H,10,12);2H2,1H3,(H,3,4,5).